The third kappa shape index (κ3) is 4.73. The molecule has 0 aliphatic heterocycles. The molecule has 0 saturated carbocycles. The molecule has 0 radical (unpaired) electrons. The number of amides is 2. The van der Waals surface area contributed by atoms with Gasteiger partial charge in [-0.25, -0.2) is 4.79 Å². The van der Waals surface area contributed by atoms with E-state index in [1.807, 2.05) is 44.2 Å². The third-order valence-electron chi connectivity index (χ3n) is 3.73. The van der Waals surface area contributed by atoms with Crippen molar-refractivity contribution in [3.05, 3.63) is 59.9 Å². The number of hydrogen-bond donors (Lipinski definition) is 1. The van der Waals surface area contributed by atoms with Gasteiger partial charge in [-0.1, -0.05) is 18.2 Å². The van der Waals surface area contributed by atoms with E-state index in [0.29, 0.717) is 6.54 Å². The lowest BCUT2D eigenvalue weighted by Crippen LogP contribution is -2.36. The molecule has 0 aliphatic carbocycles. The first-order chi connectivity index (χ1) is 11.2. The molecule has 0 fully saturated rings. The molecule has 2 amide bonds. The van der Waals surface area contributed by atoms with Gasteiger partial charge in [0, 0.05) is 30.4 Å². The molecular weight excluding hydrogens is 306 g/mol. The van der Waals surface area contributed by atoms with E-state index in [9.17, 15) is 4.79 Å². The summed E-state index contributed by atoms with van der Waals surface area (Å²) in [5, 5.41) is 3.00. The number of hydrogen-bond acceptors (Lipinski definition) is 3. The van der Waals surface area contributed by atoms with Gasteiger partial charge in [-0.2, -0.15) is 11.8 Å². The van der Waals surface area contributed by atoms with Crippen LogP contribution in [0.5, 0.6) is 0 Å². The summed E-state index contributed by atoms with van der Waals surface area (Å²) in [5.41, 5.74) is 3.07. The Morgan fingerprint density at radius 2 is 2.17 bits per heavy atom. The average molecular weight is 329 g/mol. The maximum atomic E-state index is 12.6. The van der Waals surface area contributed by atoms with Crippen LogP contribution >= 0.6 is 11.8 Å². The van der Waals surface area contributed by atoms with Gasteiger partial charge in [0.15, 0.2) is 0 Å². The van der Waals surface area contributed by atoms with E-state index in [0.717, 1.165) is 17.0 Å². The van der Waals surface area contributed by atoms with Crippen molar-refractivity contribution in [3.63, 3.8) is 0 Å². The Morgan fingerprint density at radius 1 is 1.35 bits per heavy atom. The van der Waals surface area contributed by atoms with Crippen LogP contribution in [0.4, 0.5) is 10.5 Å². The molecule has 1 unspecified atom stereocenters. The molecule has 5 heteroatoms. The number of nitrogens with one attached hydrogen (secondary N) is 1. The first-order valence-electron chi connectivity index (χ1n) is 7.71. The van der Waals surface area contributed by atoms with Crippen molar-refractivity contribution in [1.82, 2.24) is 9.88 Å². The lowest BCUT2D eigenvalue weighted by molar-refractivity contribution is 0.197. The zero-order valence-electron chi connectivity index (χ0n) is 13.8. The molecule has 23 heavy (non-hydrogen) atoms. The number of pyridine rings is 1. The Bertz CT molecular complexity index is 633. The number of nitrogens with zero attached hydrogens (tertiary/aromatic N) is 2. The van der Waals surface area contributed by atoms with Crippen molar-refractivity contribution in [1.29, 1.82) is 0 Å². The van der Waals surface area contributed by atoms with E-state index in [1.165, 1.54) is 5.56 Å². The number of urea groups is 1. The summed E-state index contributed by atoms with van der Waals surface area (Å²) in [5.74, 6) is 0.938. The first kappa shape index (κ1) is 17.3. The van der Waals surface area contributed by atoms with Crippen molar-refractivity contribution in [2.75, 3.05) is 18.1 Å². The minimum Gasteiger partial charge on any atom is -0.318 e. The molecular formula is C18H23N3OS. The van der Waals surface area contributed by atoms with Crippen LogP contribution in [-0.4, -0.2) is 28.7 Å². The smallest absolute Gasteiger partial charge is 0.318 e. The molecule has 0 saturated heterocycles. The van der Waals surface area contributed by atoms with Crippen LogP contribution in [0.25, 0.3) is 0 Å². The van der Waals surface area contributed by atoms with Crippen molar-refractivity contribution in [2.24, 2.45) is 0 Å². The highest BCUT2D eigenvalue weighted by atomic mass is 32.2. The van der Waals surface area contributed by atoms with Gasteiger partial charge in [0.1, 0.15) is 0 Å². The monoisotopic (exact) mass is 329 g/mol. The van der Waals surface area contributed by atoms with Crippen LogP contribution in [0.15, 0.2) is 48.8 Å². The molecule has 0 bridgehead atoms. The number of aromatic nitrogens is 1. The topological polar surface area (TPSA) is 45.2 Å². The van der Waals surface area contributed by atoms with Crippen molar-refractivity contribution >= 4 is 23.5 Å². The molecule has 0 spiro atoms. The Labute approximate surface area is 142 Å². The maximum absolute atomic E-state index is 12.6. The summed E-state index contributed by atoms with van der Waals surface area (Å²) in [6.45, 7) is 4.63. The lowest BCUT2D eigenvalue weighted by atomic mass is 10.1. The molecule has 1 aromatic heterocycles. The predicted octanol–water partition coefficient (Wildman–Crippen LogP) is 4.56. The van der Waals surface area contributed by atoms with Gasteiger partial charge in [0.2, 0.25) is 0 Å². The number of thioether (sulfide) groups is 1. The highest BCUT2D eigenvalue weighted by molar-refractivity contribution is 7.97. The summed E-state index contributed by atoms with van der Waals surface area (Å²) >= 11 is 1.77. The lowest BCUT2D eigenvalue weighted by Gasteiger charge is -2.28. The molecule has 1 heterocycles. The van der Waals surface area contributed by atoms with E-state index < -0.39 is 0 Å². The standard InChI is InChI=1S/C18H23N3OS/c1-4-21(14(2)16-8-6-10-19-12-16)18(22)20-17-9-5-7-15(11-17)13-23-3/h5-12,14H,4,13H2,1-3H3,(H,20,22). The highest BCUT2D eigenvalue weighted by Gasteiger charge is 2.20. The van der Waals surface area contributed by atoms with E-state index in [-0.39, 0.29) is 12.1 Å². The van der Waals surface area contributed by atoms with Crippen molar-refractivity contribution < 1.29 is 4.79 Å². The summed E-state index contributed by atoms with van der Waals surface area (Å²) < 4.78 is 0. The number of carbonyl (C=O) groups excluding carboxylic acids is 1. The molecule has 1 atom stereocenters. The molecule has 1 N–H and O–H groups in total. The van der Waals surface area contributed by atoms with Gasteiger partial charge in [0.25, 0.3) is 0 Å². The van der Waals surface area contributed by atoms with Gasteiger partial charge in [-0.3, -0.25) is 4.98 Å². The maximum Gasteiger partial charge on any atom is 0.322 e. The van der Waals surface area contributed by atoms with Gasteiger partial charge in [0.05, 0.1) is 6.04 Å². The van der Waals surface area contributed by atoms with E-state index in [2.05, 4.69) is 22.6 Å². The van der Waals surface area contributed by atoms with Gasteiger partial charge >= 0.3 is 6.03 Å². The average Bonchev–Trinajstić information content (AvgIpc) is 2.57. The number of rotatable bonds is 6. The molecule has 4 nitrogen and oxygen atoms in total. The van der Waals surface area contributed by atoms with Crippen LogP contribution in [-0.2, 0) is 5.75 Å². The summed E-state index contributed by atoms with van der Waals surface area (Å²) in [4.78, 5) is 18.6. The molecule has 2 rings (SSSR count). The van der Waals surface area contributed by atoms with Crippen LogP contribution < -0.4 is 5.32 Å². The second-order valence-electron chi connectivity index (χ2n) is 5.31. The second-order valence-corrected chi connectivity index (χ2v) is 6.18. The van der Waals surface area contributed by atoms with E-state index in [1.54, 1.807) is 29.1 Å². The van der Waals surface area contributed by atoms with Gasteiger partial charge < -0.3 is 10.2 Å². The Kier molecular flexibility index (Phi) is 6.47. The largest absolute Gasteiger partial charge is 0.322 e. The van der Waals surface area contributed by atoms with Crippen LogP contribution in [0.3, 0.4) is 0 Å². The normalized spacial score (nSPS) is 11.8. The molecule has 1 aromatic carbocycles. The van der Waals surface area contributed by atoms with Crippen LogP contribution in [0.2, 0.25) is 0 Å². The highest BCUT2D eigenvalue weighted by Crippen LogP contribution is 2.21. The second kappa shape index (κ2) is 8.58. The van der Waals surface area contributed by atoms with Gasteiger partial charge in [-0.05, 0) is 49.4 Å². The third-order valence-corrected chi connectivity index (χ3v) is 4.35. The van der Waals surface area contributed by atoms with Crippen molar-refractivity contribution in [2.45, 2.75) is 25.6 Å². The van der Waals surface area contributed by atoms with E-state index >= 15 is 0 Å². The Balaban J connectivity index is 2.09. The molecule has 2 aromatic rings. The quantitative estimate of drug-likeness (QED) is 0.845. The summed E-state index contributed by atoms with van der Waals surface area (Å²) in [6, 6.07) is 11.8. The van der Waals surface area contributed by atoms with Gasteiger partial charge in [-0.15, -0.1) is 0 Å². The van der Waals surface area contributed by atoms with Crippen LogP contribution in [0, 0.1) is 0 Å². The summed E-state index contributed by atoms with van der Waals surface area (Å²) in [7, 11) is 0. The first-order valence-corrected chi connectivity index (χ1v) is 9.10. The zero-order valence-corrected chi connectivity index (χ0v) is 14.6. The minimum atomic E-state index is -0.0924. The molecule has 0 aliphatic rings. The van der Waals surface area contributed by atoms with E-state index in [4.69, 9.17) is 0 Å². The van der Waals surface area contributed by atoms with Crippen LogP contribution in [0.1, 0.15) is 31.0 Å². The fourth-order valence-electron chi connectivity index (χ4n) is 2.50. The fraction of sp³-hybridized carbons (Fsp3) is 0.333. The predicted molar refractivity (Wildman–Crippen MR) is 97.7 cm³/mol. The Morgan fingerprint density at radius 3 is 2.83 bits per heavy atom. The molecule has 122 valence electrons. The Hall–Kier alpha value is -2.01. The zero-order chi connectivity index (χ0) is 16.7. The number of anilines is 1. The number of carbonyl (C=O) groups is 1. The summed E-state index contributed by atoms with van der Waals surface area (Å²) in [6.07, 6.45) is 5.61. The minimum absolute atomic E-state index is 0.0249. The van der Waals surface area contributed by atoms with Crippen molar-refractivity contribution in [3.8, 4) is 0 Å². The number of benzene rings is 1. The fourth-order valence-corrected chi connectivity index (χ4v) is 3.01. The SMILES string of the molecule is CCN(C(=O)Nc1cccc(CSC)c1)C(C)c1cccnc1.